The SMILES string of the molecule is CCCCCCCCN(CCCCCCCC)C(S)CCCCCCC. The highest BCUT2D eigenvalue weighted by Crippen LogP contribution is 2.18. The van der Waals surface area contributed by atoms with Crippen molar-refractivity contribution in [1.29, 1.82) is 0 Å². The van der Waals surface area contributed by atoms with Gasteiger partial charge in [-0.3, -0.25) is 4.90 Å². The minimum absolute atomic E-state index is 0.489. The summed E-state index contributed by atoms with van der Waals surface area (Å²) in [5.74, 6) is 0. The van der Waals surface area contributed by atoms with Crippen LogP contribution in [0.5, 0.6) is 0 Å². The molecule has 0 saturated heterocycles. The van der Waals surface area contributed by atoms with Crippen LogP contribution in [0.25, 0.3) is 0 Å². The van der Waals surface area contributed by atoms with Gasteiger partial charge >= 0.3 is 0 Å². The maximum Gasteiger partial charge on any atom is 0.0527 e. The van der Waals surface area contributed by atoms with Crippen molar-refractivity contribution in [3.63, 3.8) is 0 Å². The van der Waals surface area contributed by atoms with Crippen LogP contribution in [0, 0.1) is 0 Å². The van der Waals surface area contributed by atoms with Crippen molar-refractivity contribution in [2.24, 2.45) is 0 Å². The molecule has 0 radical (unpaired) electrons. The van der Waals surface area contributed by atoms with Crippen LogP contribution in [-0.2, 0) is 0 Å². The molecule has 2 heteroatoms. The van der Waals surface area contributed by atoms with E-state index in [0.29, 0.717) is 5.37 Å². The molecule has 1 atom stereocenters. The Labute approximate surface area is 172 Å². The fraction of sp³-hybridized carbons (Fsp3) is 1.00. The van der Waals surface area contributed by atoms with Crippen molar-refractivity contribution < 1.29 is 0 Å². The minimum atomic E-state index is 0.489. The van der Waals surface area contributed by atoms with E-state index in [1.54, 1.807) is 0 Å². The van der Waals surface area contributed by atoms with E-state index in [4.69, 9.17) is 12.6 Å². The third-order valence-corrected chi connectivity index (χ3v) is 6.17. The van der Waals surface area contributed by atoms with Crippen LogP contribution in [0.1, 0.15) is 136 Å². The normalized spacial score (nSPS) is 12.8. The Bertz CT molecular complexity index is 241. The molecule has 1 nitrogen and oxygen atoms in total. The molecule has 0 N–H and O–H groups in total. The predicted molar refractivity (Wildman–Crippen MR) is 124 cm³/mol. The number of thiol groups is 1. The van der Waals surface area contributed by atoms with E-state index < -0.39 is 0 Å². The molecule has 0 aliphatic rings. The molecule has 0 saturated carbocycles. The summed E-state index contributed by atoms with van der Waals surface area (Å²) in [5, 5.41) is 0.489. The van der Waals surface area contributed by atoms with E-state index in [2.05, 4.69) is 25.7 Å². The van der Waals surface area contributed by atoms with E-state index in [0.717, 1.165) is 0 Å². The van der Waals surface area contributed by atoms with Gasteiger partial charge in [-0.05, 0) is 32.4 Å². The standard InChI is InChI=1S/C24H51NS/c1-4-7-10-13-16-19-22-25(23-20-17-14-11-8-5-2)24(26)21-18-15-12-9-6-3/h24,26H,4-23H2,1-3H3. The van der Waals surface area contributed by atoms with E-state index >= 15 is 0 Å². The van der Waals surface area contributed by atoms with Gasteiger partial charge in [0.1, 0.15) is 0 Å². The fourth-order valence-electron chi connectivity index (χ4n) is 3.71. The van der Waals surface area contributed by atoms with E-state index in [1.807, 2.05) is 0 Å². The molecule has 0 heterocycles. The third kappa shape index (κ3) is 17.7. The monoisotopic (exact) mass is 385 g/mol. The molecule has 0 rings (SSSR count). The van der Waals surface area contributed by atoms with Crippen LogP contribution >= 0.6 is 12.6 Å². The zero-order chi connectivity index (χ0) is 19.3. The maximum atomic E-state index is 4.99. The molecule has 1 unspecified atom stereocenters. The lowest BCUT2D eigenvalue weighted by atomic mass is 10.1. The molecule has 0 aliphatic heterocycles. The average Bonchev–Trinajstić information content (AvgIpc) is 2.65. The largest absolute Gasteiger partial charge is 0.292 e. The first-order valence-corrected chi connectivity index (χ1v) is 12.7. The first-order valence-electron chi connectivity index (χ1n) is 12.2. The minimum Gasteiger partial charge on any atom is -0.292 e. The zero-order valence-corrected chi connectivity index (χ0v) is 19.5. The Hall–Kier alpha value is 0.310. The summed E-state index contributed by atoms with van der Waals surface area (Å²) in [7, 11) is 0. The van der Waals surface area contributed by atoms with Gasteiger partial charge in [0.15, 0.2) is 0 Å². The van der Waals surface area contributed by atoms with Gasteiger partial charge in [0.25, 0.3) is 0 Å². The van der Waals surface area contributed by atoms with Gasteiger partial charge in [0, 0.05) is 0 Å². The molecular formula is C24H51NS. The second-order valence-corrected chi connectivity index (χ2v) is 8.85. The van der Waals surface area contributed by atoms with Crippen LogP contribution in [0.3, 0.4) is 0 Å². The van der Waals surface area contributed by atoms with Gasteiger partial charge in [0.2, 0.25) is 0 Å². The molecule has 0 aromatic carbocycles. The summed E-state index contributed by atoms with van der Waals surface area (Å²) in [5.41, 5.74) is 0. The Morgan fingerprint density at radius 3 is 1.27 bits per heavy atom. The topological polar surface area (TPSA) is 3.24 Å². The highest BCUT2D eigenvalue weighted by molar-refractivity contribution is 7.80. The van der Waals surface area contributed by atoms with E-state index in [1.165, 1.54) is 129 Å². The molecule has 0 bridgehead atoms. The summed E-state index contributed by atoms with van der Waals surface area (Å²) in [6.07, 6.45) is 24.9. The van der Waals surface area contributed by atoms with Crippen molar-refractivity contribution in [3.8, 4) is 0 Å². The maximum absolute atomic E-state index is 4.99. The highest BCUT2D eigenvalue weighted by Gasteiger charge is 2.13. The number of nitrogens with zero attached hydrogens (tertiary/aromatic N) is 1. The number of hydrogen-bond donors (Lipinski definition) is 1. The summed E-state index contributed by atoms with van der Waals surface area (Å²) < 4.78 is 0. The molecule has 0 aromatic rings. The van der Waals surface area contributed by atoms with Crippen LogP contribution in [-0.4, -0.2) is 23.4 Å². The highest BCUT2D eigenvalue weighted by atomic mass is 32.1. The first kappa shape index (κ1) is 26.3. The van der Waals surface area contributed by atoms with Crippen LogP contribution in [0.4, 0.5) is 0 Å². The van der Waals surface area contributed by atoms with E-state index in [-0.39, 0.29) is 0 Å². The Morgan fingerprint density at radius 2 is 0.846 bits per heavy atom. The smallest absolute Gasteiger partial charge is 0.0527 e. The van der Waals surface area contributed by atoms with Gasteiger partial charge in [-0.15, -0.1) is 0 Å². The molecular weight excluding hydrogens is 334 g/mol. The quantitative estimate of drug-likeness (QED) is 0.117. The molecule has 0 fully saturated rings. The van der Waals surface area contributed by atoms with Gasteiger partial charge in [0.05, 0.1) is 5.37 Å². The zero-order valence-electron chi connectivity index (χ0n) is 18.6. The van der Waals surface area contributed by atoms with Crippen molar-refractivity contribution in [2.45, 2.75) is 142 Å². The lowest BCUT2D eigenvalue weighted by Gasteiger charge is -2.28. The van der Waals surface area contributed by atoms with Crippen molar-refractivity contribution in [3.05, 3.63) is 0 Å². The summed E-state index contributed by atoms with van der Waals surface area (Å²) in [6.45, 7) is 9.43. The van der Waals surface area contributed by atoms with Crippen molar-refractivity contribution in [1.82, 2.24) is 4.90 Å². The summed E-state index contributed by atoms with van der Waals surface area (Å²) >= 11 is 4.99. The first-order chi connectivity index (χ1) is 12.8. The van der Waals surface area contributed by atoms with Crippen LogP contribution in [0.2, 0.25) is 0 Å². The van der Waals surface area contributed by atoms with Gasteiger partial charge in [-0.2, -0.15) is 12.6 Å². The molecule has 0 aliphatic carbocycles. The lowest BCUT2D eigenvalue weighted by Crippen LogP contribution is -2.33. The third-order valence-electron chi connectivity index (χ3n) is 5.59. The molecule has 26 heavy (non-hydrogen) atoms. The number of unbranched alkanes of at least 4 members (excludes halogenated alkanes) is 14. The lowest BCUT2D eigenvalue weighted by molar-refractivity contribution is 0.234. The predicted octanol–water partition coefficient (Wildman–Crippen LogP) is 8.63. The van der Waals surface area contributed by atoms with E-state index in [9.17, 15) is 0 Å². The Morgan fingerprint density at radius 1 is 0.500 bits per heavy atom. The molecule has 0 spiro atoms. The van der Waals surface area contributed by atoms with Gasteiger partial charge < -0.3 is 0 Å². The van der Waals surface area contributed by atoms with Crippen molar-refractivity contribution >= 4 is 12.6 Å². The number of hydrogen-bond acceptors (Lipinski definition) is 2. The second-order valence-electron chi connectivity index (χ2n) is 8.26. The summed E-state index contributed by atoms with van der Waals surface area (Å²) in [4.78, 5) is 2.70. The molecule has 158 valence electrons. The molecule has 0 amide bonds. The fourth-order valence-corrected chi connectivity index (χ4v) is 4.13. The van der Waals surface area contributed by atoms with Gasteiger partial charge in [-0.25, -0.2) is 0 Å². The Balaban J connectivity index is 4.00. The molecule has 0 aromatic heterocycles. The average molecular weight is 386 g/mol. The van der Waals surface area contributed by atoms with Crippen LogP contribution < -0.4 is 0 Å². The Kier molecular flexibility index (Phi) is 21.9. The van der Waals surface area contributed by atoms with Crippen molar-refractivity contribution in [2.75, 3.05) is 13.1 Å². The van der Waals surface area contributed by atoms with Gasteiger partial charge in [-0.1, -0.05) is 117 Å². The summed E-state index contributed by atoms with van der Waals surface area (Å²) in [6, 6.07) is 0. The number of rotatable bonds is 21. The second kappa shape index (κ2) is 21.6. The van der Waals surface area contributed by atoms with Crippen LogP contribution in [0.15, 0.2) is 0 Å².